The lowest BCUT2D eigenvalue weighted by Crippen LogP contribution is -2.09. The van der Waals surface area contributed by atoms with Crippen LogP contribution >= 0.6 is 0 Å². The van der Waals surface area contributed by atoms with Crippen LogP contribution in [-0.2, 0) is 11.8 Å². The molecule has 0 unspecified atom stereocenters. The average molecular weight is 351 g/mol. The monoisotopic (exact) mass is 351 g/mol. The molecule has 1 fully saturated rings. The van der Waals surface area contributed by atoms with E-state index in [2.05, 4.69) is 33.9 Å². The van der Waals surface area contributed by atoms with Crippen molar-refractivity contribution in [2.24, 2.45) is 7.05 Å². The van der Waals surface area contributed by atoms with Gasteiger partial charge in [0.05, 0.1) is 24.2 Å². The quantitative estimate of drug-likeness (QED) is 0.647. The summed E-state index contributed by atoms with van der Waals surface area (Å²) in [5.41, 5.74) is 4.91. The highest BCUT2D eigenvalue weighted by molar-refractivity contribution is 5.96. The molecule has 0 atom stereocenters. The van der Waals surface area contributed by atoms with E-state index in [1.54, 1.807) is 6.20 Å². The highest BCUT2D eigenvalue weighted by Crippen LogP contribution is 2.40. The molecule has 5 nitrogen and oxygen atoms in total. The summed E-state index contributed by atoms with van der Waals surface area (Å²) in [4.78, 5) is 12.4. The van der Waals surface area contributed by atoms with E-state index in [-0.39, 0.29) is 5.97 Å². The Hall–Kier alpha value is -2.56. The molecule has 2 aromatic heterocycles. The van der Waals surface area contributed by atoms with E-state index in [9.17, 15) is 4.79 Å². The van der Waals surface area contributed by atoms with E-state index >= 15 is 0 Å². The van der Waals surface area contributed by atoms with Gasteiger partial charge in [0.2, 0.25) is 0 Å². The number of hydrogen-bond acceptors (Lipinski definition) is 3. The molecule has 0 N–H and O–H groups in total. The molecule has 2 heterocycles. The van der Waals surface area contributed by atoms with Crippen molar-refractivity contribution in [3.05, 3.63) is 47.8 Å². The average Bonchev–Trinajstić information content (AvgIpc) is 3.22. The summed E-state index contributed by atoms with van der Waals surface area (Å²) in [7, 11) is 2.02. The number of fused-ring (bicyclic) bond motifs is 1. The number of carbonyl (C=O) groups is 1. The van der Waals surface area contributed by atoms with Crippen LogP contribution in [0.4, 0.5) is 0 Å². The maximum Gasteiger partial charge on any atom is 0.343 e. The predicted molar refractivity (Wildman–Crippen MR) is 101 cm³/mol. The maximum absolute atomic E-state index is 12.4. The summed E-state index contributed by atoms with van der Waals surface area (Å²) in [5, 5.41) is 4.60. The van der Waals surface area contributed by atoms with Crippen LogP contribution in [0.5, 0.6) is 0 Å². The number of nitrogens with zero attached hydrogens (tertiary/aromatic N) is 3. The lowest BCUT2D eigenvalue weighted by Gasteiger charge is -2.22. The molecular weight excluding hydrogens is 326 g/mol. The summed E-state index contributed by atoms with van der Waals surface area (Å²) in [6.45, 7) is 2.19. The number of hydrogen-bond donors (Lipinski definition) is 0. The second kappa shape index (κ2) is 6.98. The largest absolute Gasteiger partial charge is 0.462 e. The second-order valence-electron chi connectivity index (χ2n) is 7.01. The summed E-state index contributed by atoms with van der Waals surface area (Å²) in [6, 6.07) is 10.4. The van der Waals surface area contributed by atoms with Crippen molar-refractivity contribution in [1.82, 2.24) is 14.2 Å². The third kappa shape index (κ3) is 2.71. The molecule has 136 valence electrons. The molecule has 0 aliphatic heterocycles. The standard InChI is InChI=1S/C21H25N3O2/c1-3-26-21(25)17-14-22-24-19(16-12-8-5-9-13-16)18(23(2)20(17)24)15-10-6-4-7-11-15/h4,6-7,10-11,14,16H,3,5,8-9,12-13H2,1-2H3. The molecule has 3 aromatic rings. The minimum atomic E-state index is -0.307. The molecule has 0 amide bonds. The second-order valence-corrected chi connectivity index (χ2v) is 7.01. The highest BCUT2D eigenvalue weighted by atomic mass is 16.5. The molecule has 1 aliphatic rings. The number of aromatic nitrogens is 3. The first-order valence-electron chi connectivity index (χ1n) is 9.51. The Balaban J connectivity index is 1.95. The van der Waals surface area contributed by atoms with Crippen molar-refractivity contribution in [3.8, 4) is 11.3 Å². The number of ether oxygens (including phenoxy) is 1. The lowest BCUT2D eigenvalue weighted by atomic mass is 9.85. The first kappa shape index (κ1) is 16.9. The Morgan fingerprint density at radius 1 is 1.19 bits per heavy atom. The zero-order chi connectivity index (χ0) is 18.1. The van der Waals surface area contributed by atoms with Crippen molar-refractivity contribution in [1.29, 1.82) is 0 Å². The van der Waals surface area contributed by atoms with Crippen LogP contribution in [0.2, 0.25) is 0 Å². The van der Waals surface area contributed by atoms with Crippen LogP contribution < -0.4 is 0 Å². The molecule has 26 heavy (non-hydrogen) atoms. The molecule has 0 saturated heterocycles. The number of esters is 1. The minimum Gasteiger partial charge on any atom is -0.462 e. The Kier molecular flexibility index (Phi) is 4.53. The first-order chi connectivity index (χ1) is 12.7. The SMILES string of the molecule is CCOC(=O)c1cnn2c(C3CCCCC3)c(-c3ccccc3)n(C)c12. The van der Waals surface area contributed by atoms with E-state index < -0.39 is 0 Å². The van der Waals surface area contributed by atoms with Crippen LogP contribution in [0.1, 0.15) is 61.0 Å². The Bertz CT molecular complexity index is 918. The summed E-state index contributed by atoms with van der Waals surface area (Å²) >= 11 is 0. The van der Waals surface area contributed by atoms with E-state index in [4.69, 9.17) is 4.74 Å². The fourth-order valence-corrected chi connectivity index (χ4v) is 4.25. The predicted octanol–water partition coefficient (Wildman–Crippen LogP) is 4.56. The zero-order valence-corrected chi connectivity index (χ0v) is 15.4. The molecule has 0 radical (unpaired) electrons. The van der Waals surface area contributed by atoms with Gasteiger partial charge < -0.3 is 9.30 Å². The number of carbonyl (C=O) groups excluding carboxylic acids is 1. The lowest BCUT2D eigenvalue weighted by molar-refractivity contribution is 0.0528. The Morgan fingerprint density at radius 3 is 2.62 bits per heavy atom. The van der Waals surface area contributed by atoms with Crippen LogP contribution in [-0.4, -0.2) is 26.8 Å². The highest BCUT2D eigenvalue weighted by Gasteiger charge is 2.29. The van der Waals surface area contributed by atoms with Crippen molar-refractivity contribution < 1.29 is 9.53 Å². The Morgan fingerprint density at radius 2 is 1.92 bits per heavy atom. The third-order valence-electron chi connectivity index (χ3n) is 5.40. The minimum absolute atomic E-state index is 0.307. The molecular formula is C21H25N3O2. The van der Waals surface area contributed by atoms with Gasteiger partial charge in [-0.25, -0.2) is 9.31 Å². The van der Waals surface area contributed by atoms with Gasteiger partial charge >= 0.3 is 5.97 Å². The van der Waals surface area contributed by atoms with Gasteiger partial charge in [0, 0.05) is 18.5 Å². The smallest absolute Gasteiger partial charge is 0.343 e. The van der Waals surface area contributed by atoms with Gasteiger partial charge in [0.15, 0.2) is 5.65 Å². The number of rotatable bonds is 4. The summed E-state index contributed by atoms with van der Waals surface area (Å²) < 4.78 is 9.33. The normalized spacial score (nSPS) is 15.5. The van der Waals surface area contributed by atoms with Crippen molar-refractivity contribution in [2.45, 2.75) is 44.9 Å². The van der Waals surface area contributed by atoms with Crippen LogP contribution in [0.25, 0.3) is 16.9 Å². The van der Waals surface area contributed by atoms with Gasteiger partial charge in [-0.3, -0.25) is 0 Å². The van der Waals surface area contributed by atoms with Gasteiger partial charge in [0.25, 0.3) is 0 Å². The van der Waals surface area contributed by atoms with Gasteiger partial charge in [-0.05, 0) is 19.8 Å². The van der Waals surface area contributed by atoms with Crippen molar-refractivity contribution >= 4 is 11.6 Å². The van der Waals surface area contributed by atoms with E-state index in [0.717, 1.165) is 16.9 Å². The van der Waals surface area contributed by atoms with Crippen LogP contribution in [0.15, 0.2) is 36.5 Å². The summed E-state index contributed by atoms with van der Waals surface area (Å²) in [6.07, 6.45) is 7.80. The van der Waals surface area contributed by atoms with Crippen LogP contribution in [0, 0.1) is 0 Å². The van der Waals surface area contributed by atoms with Crippen molar-refractivity contribution in [2.75, 3.05) is 6.61 Å². The third-order valence-corrected chi connectivity index (χ3v) is 5.40. The topological polar surface area (TPSA) is 48.5 Å². The van der Waals surface area contributed by atoms with Crippen molar-refractivity contribution in [3.63, 3.8) is 0 Å². The van der Waals surface area contributed by atoms with E-state index in [0.29, 0.717) is 18.1 Å². The van der Waals surface area contributed by atoms with Gasteiger partial charge in [0.1, 0.15) is 5.56 Å². The van der Waals surface area contributed by atoms with E-state index in [1.165, 1.54) is 37.8 Å². The van der Waals surface area contributed by atoms with E-state index in [1.807, 2.05) is 24.6 Å². The number of imidazole rings is 1. The molecule has 0 bridgehead atoms. The molecule has 4 rings (SSSR count). The van der Waals surface area contributed by atoms with Gasteiger partial charge in [-0.1, -0.05) is 49.6 Å². The molecule has 0 spiro atoms. The summed E-state index contributed by atoms with van der Waals surface area (Å²) in [5.74, 6) is 0.163. The number of benzene rings is 1. The van der Waals surface area contributed by atoms with Gasteiger partial charge in [-0.2, -0.15) is 5.10 Å². The molecule has 5 heteroatoms. The fraction of sp³-hybridized carbons (Fsp3) is 0.429. The van der Waals surface area contributed by atoms with Gasteiger partial charge in [-0.15, -0.1) is 0 Å². The maximum atomic E-state index is 12.4. The van der Waals surface area contributed by atoms with Crippen LogP contribution in [0.3, 0.4) is 0 Å². The molecule has 1 aromatic carbocycles. The fourth-order valence-electron chi connectivity index (χ4n) is 4.25. The first-order valence-corrected chi connectivity index (χ1v) is 9.51. The number of aryl methyl sites for hydroxylation is 1. The Labute approximate surface area is 153 Å². The molecule has 1 aliphatic carbocycles. The molecule has 1 saturated carbocycles. The zero-order valence-electron chi connectivity index (χ0n) is 15.4.